The maximum Gasteiger partial charge on any atom is 0.259 e. The minimum Gasteiger partial charge on any atom is -0.337 e. The van der Waals surface area contributed by atoms with E-state index in [4.69, 9.17) is 5.73 Å². The van der Waals surface area contributed by atoms with Crippen molar-refractivity contribution in [2.24, 2.45) is 5.73 Å². The molecular formula is C12H14BrClF2N2O. The summed E-state index contributed by atoms with van der Waals surface area (Å²) in [5.74, 6) is -2.34. The summed E-state index contributed by atoms with van der Waals surface area (Å²) in [6.45, 7) is 0.829. The molecule has 0 saturated carbocycles. The molecule has 1 aliphatic rings. The number of rotatable bonds is 1. The van der Waals surface area contributed by atoms with Crippen LogP contribution in [0.15, 0.2) is 16.6 Å². The molecule has 0 aliphatic carbocycles. The molecule has 0 aromatic heterocycles. The Labute approximate surface area is 124 Å². The number of benzene rings is 1. The molecule has 19 heavy (non-hydrogen) atoms. The second-order valence-corrected chi connectivity index (χ2v) is 5.31. The fourth-order valence-electron chi connectivity index (χ4n) is 2.10. The van der Waals surface area contributed by atoms with Gasteiger partial charge in [-0.05, 0) is 25.0 Å². The number of piperidine rings is 1. The standard InChI is InChI=1S/C12H13BrF2N2O.ClH/c13-7-4-9(14)11(10(15)5-7)12(18)17-3-1-2-8(16)6-17;/h4-5,8H,1-3,6,16H2;1H. The van der Waals surface area contributed by atoms with Crippen LogP contribution in [0.2, 0.25) is 0 Å². The molecule has 1 aliphatic heterocycles. The molecule has 0 bridgehead atoms. The van der Waals surface area contributed by atoms with Crippen LogP contribution in [0.25, 0.3) is 0 Å². The molecule has 1 saturated heterocycles. The fraction of sp³-hybridized carbons (Fsp3) is 0.417. The predicted octanol–water partition coefficient (Wildman–Crippen LogP) is 2.71. The van der Waals surface area contributed by atoms with Crippen LogP contribution in [0.5, 0.6) is 0 Å². The average Bonchev–Trinajstić information content (AvgIpc) is 2.27. The normalized spacial score (nSPS) is 18.9. The van der Waals surface area contributed by atoms with Crippen molar-refractivity contribution < 1.29 is 13.6 Å². The van der Waals surface area contributed by atoms with Crippen molar-refractivity contribution in [3.8, 4) is 0 Å². The van der Waals surface area contributed by atoms with Gasteiger partial charge in [0, 0.05) is 23.6 Å². The topological polar surface area (TPSA) is 46.3 Å². The van der Waals surface area contributed by atoms with Gasteiger partial charge in [-0.2, -0.15) is 0 Å². The van der Waals surface area contributed by atoms with E-state index in [-0.39, 0.29) is 22.9 Å². The third-order valence-corrected chi connectivity index (χ3v) is 3.42. The minimum atomic E-state index is -0.856. The van der Waals surface area contributed by atoms with Crippen molar-refractivity contribution in [2.45, 2.75) is 18.9 Å². The second kappa shape index (κ2) is 6.63. The van der Waals surface area contributed by atoms with Crippen LogP contribution in [0.3, 0.4) is 0 Å². The Kier molecular flexibility index (Phi) is 5.70. The molecule has 7 heteroatoms. The lowest BCUT2D eigenvalue weighted by Gasteiger charge is -2.31. The zero-order valence-corrected chi connectivity index (χ0v) is 12.4. The first kappa shape index (κ1) is 16.3. The third-order valence-electron chi connectivity index (χ3n) is 2.97. The van der Waals surface area contributed by atoms with Gasteiger partial charge in [-0.1, -0.05) is 15.9 Å². The van der Waals surface area contributed by atoms with Gasteiger partial charge in [0.2, 0.25) is 0 Å². The molecule has 2 rings (SSSR count). The van der Waals surface area contributed by atoms with Crippen molar-refractivity contribution in [3.63, 3.8) is 0 Å². The Morgan fingerprint density at radius 2 is 1.95 bits per heavy atom. The van der Waals surface area contributed by atoms with Crippen LogP contribution in [0.1, 0.15) is 23.2 Å². The van der Waals surface area contributed by atoms with Crippen molar-refractivity contribution in [2.75, 3.05) is 13.1 Å². The van der Waals surface area contributed by atoms with Crippen molar-refractivity contribution in [1.29, 1.82) is 0 Å². The molecule has 0 spiro atoms. The summed E-state index contributed by atoms with van der Waals surface area (Å²) in [5.41, 5.74) is 5.25. The largest absolute Gasteiger partial charge is 0.337 e. The average molecular weight is 356 g/mol. The van der Waals surface area contributed by atoms with Gasteiger partial charge in [0.05, 0.1) is 0 Å². The van der Waals surface area contributed by atoms with E-state index in [0.717, 1.165) is 25.0 Å². The highest BCUT2D eigenvalue weighted by Gasteiger charge is 2.27. The van der Waals surface area contributed by atoms with Crippen LogP contribution < -0.4 is 5.73 Å². The Hall–Kier alpha value is -0.720. The first-order chi connectivity index (χ1) is 8.49. The highest BCUT2D eigenvalue weighted by atomic mass is 79.9. The molecule has 1 aromatic carbocycles. The van der Waals surface area contributed by atoms with Gasteiger partial charge in [-0.15, -0.1) is 12.4 Å². The summed E-state index contributed by atoms with van der Waals surface area (Å²) in [7, 11) is 0. The molecule has 106 valence electrons. The molecule has 1 atom stereocenters. The first-order valence-corrected chi connectivity index (χ1v) is 6.47. The molecular weight excluding hydrogens is 341 g/mol. The SMILES string of the molecule is Cl.NC1CCCN(C(=O)c2c(F)cc(Br)cc2F)C1. The lowest BCUT2D eigenvalue weighted by molar-refractivity contribution is 0.0699. The van der Waals surface area contributed by atoms with E-state index < -0.39 is 23.1 Å². The van der Waals surface area contributed by atoms with Crippen molar-refractivity contribution in [1.82, 2.24) is 4.90 Å². The van der Waals surface area contributed by atoms with E-state index in [1.54, 1.807) is 0 Å². The van der Waals surface area contributed by atoms with Crippen LogP contribution in [0, 0.1) is 11.6 Å². The molecule has 1 heterocycles. The summed E-state index contributed by atoms with van der Waals surface area (Å²) < 4.78 is 27.6. The Morgan fingerprint density at radius 1 is 1.37 bits per heavy atom. The van der Waals surface area contributed by atoms with E-state index in [2.05, 4.69) is 15.9 Å². The Balaban J connectivity index is 0.00000180. The summed E-state index contributed by atoms with van der Waals surface area (Å²) in [6, 6.07) is 2.05. The molecule has 1 unspecified atom stereocenters. The van der Waals surface area contributed by atoms with Gasteiger partial charge >= 0.3 is 0 Å². The maximum atomic E-state index is 13.7. The number of nitrogens with two attached hydrogens (primary N) is 1. The van der Waals surface area contributed by atoms with E-state index in [9.17, 15) is 13.6 Å². The number of amides is 1. The number of carbonyl (C=O) groups excluding carboxylic acids is 1. The predicted molar refractivity (Wildman–Crippen MR) is 74.4 cm³/mol. The number of likely N-dealkylation sites (tertiary alicyclic amines) is 1. The van der Waals surface area contributed by atoms with Gasteiger partial charge in [-0.3, -0.25) is 4.79 Å². The summed E-state index contributed by atoms with van der Waals surface area (Å²) in [4.78, 5) is 13.5. The van der Waals surface area contributed by atoms with Gasteiger partial charge in [0.25, 0.3) is 5.91 Å². The first-order valence-electron chi connectivity index (χ1n) is 5.68. The summed E-state index contributed by atoms with van der Waals surface area (Å²) >= 11 is 2.98. The fourth-order valence-corrected chi connectivity index (χ4v) is 2.50. The van der Waals surface area contributed by atoms with Gasteiger partial charge in [0.1, 0.15) is 17.2 Å². The van der Waals surface area contributed by atoms with Crippen molar-refractivity contribution >= 4 is 34.2 Å². The lowest BCUT2D eigenvalue weighted by Crippen LogP contribution is -2.46. The highest BCUT2D eigenvalue weighted by Crippen LogP contribution is 2.22. The smallest absolute Gasteiger partial charge is 0.259 e. The zero-order valence-electron chi connectivity index (χ0n) is 10.0. The van der Waals surface area contributed by atoms with Gasteiger partial charge in [0.15, 0.2) is 0 Å². The van der Waals surface area contributed by atoms with E-state index in [1.807, 2.05) is 0 Å². The summed E-state index contributed by atoms with van der Waals surface area (Å²) in [5, 5.41) is 0. The maximum absolute atomic E-state index is 13.7. The van der Waals surface area contributed by atoms with Gasteiger partial charge in [-0.25, -0.2) is 8.78 Å². The second-order valence-electron chi connectivity index (χ2n) is 4.40. The van der Waals surface area contributed by atoms with Crippen LogP contribution in [0.4, 0.5) is 8.78 Å². The quantitative estimate of drug-likeness (QED) is 0.842. The monoisotopic (exact) mass is 354 g/mol. The molecule has 1 amide bonds. The number of nitrogens with zero attached hydrogens (tertiary/aromatic N) is 1. The van der Waals surface area contributed by atoms with Gasteiger partial charge < -0.3 is 10.6 Å². The van der Waals surface area contributed by atoms with E-state index in [1.165, 1.54) is 4.90 Å². The lowest BCUT2D eigenvalue weighted by atomic mass is 10.0. The third kappa shape index (κ3) is 3.64. The van der Waals surface area contributed by atoms with E-state index in [0.29, 0.717) is 13.1 Å². The number of hydrogen-bond donors (Lipinski definition) is 1. The van der Waals surface area contributed by atoms with E-state index >= 15 is 0 Å². The molecule has 1 aromatic rings. The number of hydrogen-bond acceptors (Lipinski definition) is 2. The zero-order chi connectivity index (χ0) is 13.3. The van der Waals surface area contributed by atoms with Crippen LogP contribution >= 0.6 is 28.3 Å². The number of halogens is 4. The Morgan fingerprint density at radius 3 is 2.47 bits per heavy atom. The Bertz CT molecular complexity index is 464. The van der Waals surface area contributed by atoms with Crippen molar-refractivity contribution in [3.05, 3.63) is 33.8 Å². The molecule has 2 N–H and O–H groups in total. The molecule has 1 fully saturated rings. The van der Waals surface area contributed by atoms with Crippen LogP contribution in [-0.2, 0) is 0 Å². The van der Waals surface area contributed by atoms with Crippen LogP contribution in [-0.4, -0.2) is 29.9 Å². The minimum absolute atomic E-state index is 0. The number of carbonyl (C=O) groups is 1. The summed E-state index contributed by atoms with van der Waals surface area (Å²) in [6.07, 6.45) is 1.59. The molecule has 3 nitrogen and oxygen atoms in total. The highest BCUT2D eigenvalue weighted by molar-refractivity contribution is 9.10. The molecule has 0 radical (unpaired) electrons.